The Hall–Kier alpha value is -3.18. The van der Waals surface area contributed by atoms with Crippen LogP contribution in [-0.2, 0) is 16.6 Å². The Morgan fingerprint density at radius 1 is 1.15 bits per heavy atom. The zero-order valence-electron chi connectivity index (χ0n) is 18.2. The lowest BCUT2D eigenvalue weighted by molar-refractivity contribution is -0.113. The van der Waals surface area contributed by atoms with Crippen molar-refractivity contribution in [3.63, 3.8) is 0 Å². The number of nitrogens with one attached hydrogen (secondary N) is 2. The van der Waals surface area contributed by atoms with Crippen LogP contribution in [0, 0.1) is 0 Å². The maximum absolute atomic E-state index is 12.6. The smallest absolute Gasteiger partial charge is 0.337 e. The molecule has 0 aliphatic carbocycles. The van der Waals surface area contributed by atoms with Gasteiger partial charge in [-0.15, -0.1) is 10.2 Å². The van der Waals surface area contributed by atoms with Crippen molar-refractivity contribution in [3.05, 3.63) is 70.0 Å². The van der Waals surface area contributed by atoms with E-state index < -0.39 is 12.0 Å². The van der Waals surface area contributed by atoms with Gasteiger partial charge in [-0.25, -0.2) is 4.79 Å². The van der Waals surface area contributed by atoms with E-state index in [0.29, 0.717) is 32.3 Å². The van der Waals surface area contributed by atoms with Crippen LogP contribution in [0.5, 0.6) is 0 Å². The van der Waals surface area contributed by atoms with Crippen LogP contribution in [0.15, 0.2) is 58.2 Å². The largest absolute Gasteiger partial charge is 0.465 e. The van der Waals surface area contributed by atoms with Gasteiger partial charge in [-0.3, -0.25) is 9.59 Å². The van der Waals surface area contributed by atoms with E-state index in [4.69, 9.17) is 0 Å². The number of anilines is 1. The number of esters is 1. The van der Waals surface area contributed by atoms with Gasteiger partial charge in [-0.2, -0.15) is 0 Å². The Balaban J connectivity index is 1.58. The van der Waals surface area contributed by atoms with E-state index in [0.717, 1.165) is 0 Å². The molecular weight excluding hydrogens is 510 g/mol. The maximum Gasteiger partial charge on any atom is 0.337 e. The van der Waals surface area contributed by atoms with E-state index in [9.17, 15) is 14.4 Å². The second-order valence-corrected chi connectivity index (χ2v) is 8.78. The summed E-state index contributed by atoms with van der Waals surface area (Å²) in [5, 5.41) is 14.5. The summed E-state index contributed by atoms with van der Waals surface area (Å²) in [4.78, 5) is 36.5. The molecule has 2 aromatic carbocycles. The van der Waals surface area contributed by atoms with Gasteiger partial charge in [0.2, 0.25) is 5.91 Å². The van der Waals surface area contributed by atoms with Crippen molar-refractivity contribution in [1.29, 1.82) is 0 Å². The summed E-state index contributed by atoms with van der Waals surface area (Å²) >= 11 is 4.59. The molecule has 3 aromatic rings. The Morgan fingerprint density at radius 2 is 1.91 bits per heavy atom. The number of thioether (sulfide) groups is 1. The number of amides is 2. The van der Waals surface area contributed by atoms with Gasteiger partial charge in [0.05, 0.1) is 30.0 Å². The number of hydrogen-bond donors (Lipinski definition) is 2. The summed E-state index contributed by atoms with van der Waals surface area (Å²) in [6.07, 6.45) is 0. The second-order valence-electron chi connectivity index (χ2n) is 6.98. The molecule has 33 heavy (non-hydrogen) atoms. The summed E-state index contributed by atoms with van der Waals surface area (Å²) in [6.45, 7) is 1.81. The Bertz CT molecular complexity index is 1180. The van der Waals surface area contributed by atoms with Crippen molar-refractivity contribution in [2.24, 2.45) is 7.05 Å². The van der Waals surface area contributed by atoms with Crippen LogP contribution >= 0.6 is 27.7 Å². The number of benzene rings is 2. The molecule has 1 heterocycles. The zero-order chi connectivity index (χ0) is 24.0. The quantitative estimate of drug-likeness (QED) is 0.337. The van der Waals surface area contributed by atoms with Crippen LogP contribution in [0.25, 0.3) is 0 Å². The highest BCUT2D eigenvalue weighted by molar-refractivity contribution is 9.10. The van der Waals surface area contributed by atoms with Gasteiger partial charge in [0.1, 0.15) is 0 Å². The predicted octanol–water partition coefficient (Wildman–Crippen LogP) is 3.59. The van der Waals surface area contributed by atoms with E-state index >= 15 is 0 Å². The summed E-state index contributed by atoms with van der Waals surface area (Å²) in [5.74, 6) is -0.328. The van der Waals surface area contributed by atoms with E-state index in [1.165, 1.54) is 18.9 Å². The Kier molecular flexibility index (Phi) is 8.23. The Morgan fingerprint density at radius 3 is 2.64 bits per heavy atom. The SMILES string of the molecule is COC(=O)c1cccc(NC(=O)CSc2nnc([C@H](C)NC(=O)c3ccccc3Br)n2C)c1. The fourth-order valence-corrected chi connectivity index (χ4v) is 4.17. The highest BCUT2D eigenvalue weighted by Crippen LogP contribution is 2.21. The predicted molar refractivity (Wildman–Crippen MR) is 128 cm³/mol. The molecule has 0 saturated heterocycles. The Labute approximate surface area is 203 Å². The number of methoxy groups -OCH3 is 1. The number of rotatable bonds is 8. The molecule has 0 aliphatic rings. The molecule has 0 spiro atoms. The summed E-state index contributed by atoms with van der Waals surface area (Å²) in [7, 11) is 3.07. The highest BCUT2D eigenvalue weighted by Gasteiger charge is 2.20. The average molecular weight is 532 g/mol. The zero-order valence-corrected chi connectivity index (χ0v) is 20.6. The first kappa shape index (κ1) is 24.5. The fourth-order valence-electron chi connectivity index (χ4n) is 2.98. The third-order valence-corrected chi connectivity index (χ3v) is 6.33. The van der Waals surface area contributed by atoms with Crippen LogP contribution in [0.3, 0.4) is 0 Å². The molecule has 172 valence electrons. The molecule has 2 amide bonds. The van der Waals surface area contributed by atoms with E-state index in [2.05, 4.69) is 41.5 Å². The normalized spacial score (nSPS) is 11.5. The third-order valence-electron chi connectivity index (χ3n) is 4.62. The summed E-state index contributed by atoms with van der Waals surface area (Å²) in [6, 6.07) is 13.3. The molecule has 0 radical (unpaired) electrons. The third kappa shape index (κ3) is 6.20. The lowest BCUT2D eigenvalue weighted by Crippen LogP contribution is -2.28. The minimum absolute atomic E-state index is 0.0894. The molecule has 11 heteroatoms. The number of ether oxygens (including phenoxy) is 1. The first-order valence-corrected chi connectivity index (χ1v) is 11.6. The van der Waals surface area contributed by atoms with Crippen LogP contribution < -0.4 is 10.6 Å². The molecule has 3 rings (SSSR count). The van der Waals surface area contributed by atoms with E-state index in [1.807, 2.05) is 13.0 Å². The minimum atomic E-state index is -0.479. The van der Waals surface area contributed by atoms with Gasteiger partial charge in [0, 0.05) is 17.2 Å². The number of halogens is 1. The first-order chi connectivity index (χ1) is 15.8. The number of nitrogens with zero attached hydrogens (tertiary/aromatic N) is 3. The average Bonchev–Trinajstić information content (AvgIpc) is 3.17. The van der Waals surface area contributed by atoms with Crippen molar-refractivity contribution >= 4 is 51.2 Å². The number of hydrogen-bond acceptors (Lipinski definition) is 7. The van der Waals surface area contributed by atoms with Gasteiger partial charge in [0.15, 0.2) is 11.0 Å². The first-order valence-electron chi connectivity index (χ1n) is 9.86. The topological polar surface area (TPSA) is 115 Å². The molecule has 9 nitrogen and oxygen atoms in total. The van der Waals surface area contributed by atoms with Gasteiger partial charge in [0.25, 0.3) is 5.91 Å². The number of carbonyl (C=O) groups is 3. The molecular formula is C22H22BrN5O4S. The molecule has 0 saturated carbocycles. The van der Waals surface area contributed by atoms with Gasteiger partial charge >= 0.3 is 5.97 Å². The minimum Gasteiger partial charge on any atom is -0.465 e. The van der Waals surface area contributed by atoms with Crippen molar-refractivity contribution in [3.8, 4) is 0 Å². The van der Waals surface area contributed by atoms with E-state index in [1.54, 1.807) is 54.1 Å². The summed E-state index contributed by atoms with van der Waals surface area (Å²) in [5.41, 5.74) is 1.36. The monoisotopic (exact) mass is 531 g/mol. The molecule has 0 aliphatic heterocycles. The van der Waals surface area contributed by atoms with Crippen LogP contribution in [-0.4, -0.2) is 45.4 Å². The fraction of sp³-hybridized carbons (Fsp3) is 0.227. The molecule has 2 N–H and O–H groups in total. The molecule has 0 fully saturated rings. The van der Waals surface area contributed by atoms with Crippen LogP contribution in [0.1, 0.15) is 39.5 Å². The van der Waals surface area contributed by atoms with Crippen molar-refractivity contribution in [2.75, 3.05) is 18.2 Å². The summed E-state index contributed by atoms with van der Waals surface area (Å²) < 4.78 is 7.13. The number of carbonyl (C=O) groups excluding carboxylic acids is 3. The standard InChI is InChI=1S/C22H22BrN5O4S/c1-13(24-20(30)16-9-4-5-10-17(16)23)19-26-27-22(28(19)2)33-12-18(29)25-15-8-6-7-14(11-15)21(31)32-3/h4-11,13H,12H2,1-3H3,(H,24,30)(H,25,29)/t13-/m0/s1. The second kappa shape index (κ2) is 11.1. The molecule has 0 bridgehead atoms. The van der Waals surface area contributed by atoms with Crippen molar-refractivity contribution in [2.45, 2.75) is 18.1 Å². The lowest BCUT2D eigenvalue weighted by Gasteiger charge is -2.14. The molecule has 1 aromatic heterocycles. The van der Waals surface area contributed by atoms with Crippen molar-refractivity contribution < 1.29 is 19.1 Å². The van der Waals surface area contributed by atoms with Crippen LogP contribution in [0.4, 0.5) is 5.69 Å². The van der Waals surface area contributed by atoms with E-state index in [-0.39, 0.29) is 17.6 Å². The number of aromatic nitrogens is 3. The van der Waals surface area contributed by atoms with Crippen molar-refractivity contribution in [1.82, 2.24) is 20.1 Å². The lowest BCUT2D eigenvalue weighted by atomic mass is 10.2. The highest BCUT2D eigenvalue weighted by atomic mass is 79.9. The van der Waals surface area contributed by atoms with Gasteiger partial charge < -0.3 is 19.9 Å². The van der Waals surface area contributed by atoms with Gasteiger partial charge in [-0.05, 0) is 53.2 Å². The van der Waals surface area contributed by atoms with Gasteiger partial charge in [-0.1, -0.05) is 30.0 Å². The van der Waals surface area contributed by atoms with Crippen LogP contribution in [0.2, 0.25) is 0 Å². The molecule has 1 atom stereocenters. The maximum atomic E-state index is 12.6. The molecule has 0 unspecified atom stereocenters.